The van der Waals surface area contributed by atoms with Crippen LogP contribution in [-0.2, 0) is 9.53 Å². The first-order valence-electron chi connectivity index (χ1n) is 12.6. The topological polar surface area (TPSA) is 88.4 Å². The Morgan fingerprint density at radius 3 is 2.42 bits per heavy atom. The van der Waals surface area contributed by atoms with Gasteiger partial charge in [-0.1, -0.05) is 59.9 Å². The van der Waals surface area contributed by atoms with Gasteiger partial charge in [-0.25, -0.2) is 9.79 Å². The summed E-state index contributed by atoms with van der Waals surface area (Å²) in [5, 5.41) is 0. The third-order valence-electron chi connectivity index (χ3n) is 6.49. The molecule has 8 nitrogen and oxygen atoms in total. The fraction of sp³-hybridized carbons (Fsp3) is 0.194. The van der Waals surface area contributed by atoms with Crippen molar-refractivity contribution in [3.63, 3.8) is 0 Å². The molecule has 1 aromatic heterocycles. The summed E-state index contributed by atoms with van der Waals surface area (Å²) in [6, 6.07) is 21.4. The first-order chi connectivity index (χ1) is 19.5. The van der Waals surface area contributed by atoms with E-state index in [-0.39, 0.29) is 17.7 Å². The molecule has 0 saturated carbocycles. The highest BCUT2D eigenvalue weighted by Crippen LogP contribution is 2.38. The molecule has 2 heterocycles. The Balaban J connectivity index is 1.83. The Hall–Kier alpha value is -4.63. The molecule has 0 radical (unpaired) electrons. The lowest BCUT2D eigenvalue weighted by Crippen LogP contribution is -2.40. The fourth-order valence-corrected chi connectivity index (χ4v) is 5.66. The molecule has 4 aromatic rings. The third-order valence-corrected chi connectivity index (χ3v) is 7.47. The number of esters is 1. The lowest BCUT2D eigenvalue weighted by Gasteiger charge is -2.26. The third kappa shape index (κ3) is 5.03. The van der Waals surface area contributed by atoms with Crippen molar-refractivity contribution in [1.82, 2.24) is 4.57 Å². The van der Waals surface area contributed by atoms with Crippen molar-refractivity contribution in [2.45, 2.75) is 13.0 Å². The Kier molecular flexibility index (Phi) is 7.84. The minimum Gasteiger partial charge on any atom is -0.497 e. The molecule has 9 heteroatoms. The number of fused-ring (bicyclic) bond motifs is 1. The number of carbonyl (C=O) groups excluding carboxylic acids is 1. The smallest absolute Gasteiger partial charge is 0.338 e. The number of carbonyl (C=O) groups is 1. The highest BCUT2D eigenvalue weighted by Gasteiger charge is 2.35. The van der Waals surface area contributed by atoms with E-state index in [1.165, 1.54) is 11.3 Å². The average molecular weight is 557 g/mol. The molecule has 0 unspecified atom stereocenters. The zero-order valence-corrected chi connectivity index (χ0v) is 23.4. The van der Waals surface area contributed by atoms with E-state index in [4.69, 9.17) is 23.9 Å². The molecule has 204 valence electrons. The molecule has 0 fully saturated rings. The summed E-state index contributed by atoms with van der Waals surface area (Å²) in [5.41, 5.74) is 2.63. The number of nitrogens with zero attached hydrogens (tertiary/aromatic N) is 2. The summed E-state index contributed by atoms with van der Waals surface area (Å²) >= 11 is 1.26. The maximum absolute atomic E-state index is 14.0. The zero-order valence-electron chi connectivity index (χ0n) is 22.5. The van der Waals surface area contributed by atoms with Crippen LogP contribution in [0.25, 0.3) is 11.8 Å². The average Bonchev–Trinajstić information content (AvgIpc) is 3.30. The van der Waals surface area contributed by atoms with Crippen molar-refractivity contribution >= 4 is 29.1 Å². The zero-order chi connectivity index (χ0) is 28.2. The van der Waals surface area contributed by atoms with E-state index in [1.54, 1.807) is 51.0 Å². The number of ether oxygens (including phenoxy) is 4. The van der Waals surface area contributed by atoms with Gasteiger partial charge in [0.15, 0.2) is 16.3 Å². The predicted molar refractivity (Wildman–Crippen MR) is 154 cm³/mol. The van der Waals surface area contributed by atoms with Crippen LogP contribution in [-0.4, -0.2) is 38.5 Å². The van der Waals surface area contributed by atoms with Crippen molar-refractivity contribution in [2.75, 3.05) is 27.9 Å². The van der Waals surface area contributed by atoms with Crippen molar-refractivity contribution in [3.05, 3.63) is 115 Å². The number of thiazole rings is 1. The van der Waals surface area contributed by atoms with Crippen LogP contribution in [0.5, 0.6) is 17.2 Å². The molecule has 1 aliphatic heterocycles. The summed E-state index contributed by atoms with van der Waals surface area (Å²) in [6.07, 6.45) is 1.80. The SMILES string of the molecule is CCOC(=O)C1=C(c2ccccc2)N=c2s/c(=C/c3cccc(OC)c3)c(=O)n2[C@H]1c1ccc(OC)c(OC)c1. The largest absolute Gasteiger partial charge is 0.497 e. The van der Waals surface area contributed by atoms with Crippen LogP contribution < -0.4 is 29.1 Å². The van der Waals surface area contributed by atoms with Gasteiger partial charge in [-0.2, -0.15) is 0 Å². The molecule has 1 aliphatic rings. The fourth-order valence-electron chi connectivity index (χ4n) is 4.66. The molecule has 1 atom stereocenters. The van der Waals surface area contributed by atoms with Crippen LogP contribution in [0.2, 0.25) is 0 Å². The van der Waals surface area contributed by atoms with Crippen LogP contribution in [0.4, 0.5) is 0 Å². The van der Waals surface area contributed by atoms with Crippen LogP contribution in [0.1, 0.15) is 29.7 Å². The van der Waals surface area contributed by atoms with Crippen LogP contribution in [0.15, 0.2) is 88.2 Å². The van der Waals surface area contributed by atoms with Gasteiger partial charge in [0.05, 0.1) is 49.8 Å². The first-order valence-corrected chi connectivity index (χ1v) is 13.4. The monoisotopic (exact) mass is 556 g/mol. The van der Waals surface area contributed by atoms with E-state index in [2.05, 4.69) is 0 Å². The van der Waals surface area contributed by atoms with E-state index < -0.39 is 12.0 Å². The van der Waals surface area contributed by atoms with Gasteiger partial charge in [0.25, 0.3) is 5.56 Å². The van der Waals surface area contributed by atoms with Crippen molar-refractivity contribution in [1.29, 1.82) is 0 Å². The lowest BCUT2D eigenvalue weighted by molar-refractivity contribution is -0.138. The Morgan fingerprint density at radius 2 is 1.73 bits per heavy atom. The van der Waals surface area contributed by atoms with E-state index >= 15 is 0 Å². The summed E-state index contributed by atoms with van der Waals surface area (Å²) in [4.78, 5) is 33.0. The highest BCUT2D eigenvalue weighted by molar-refractivity contribution is 7.07. The minimum absolute atomic E-state index is 0.170. The summed E-state index contributed by atoms with van der Waals surface area (Å²) in [6.45, 7) is 1.92. The molecule has 0 amide bonds. The second-order valence-electron chi connectivity index (χ2n) is 8.82. The Bertz CT molecular complexity index is 1770. The van der Waals surface area contributed by atoms with Gasteiger partial charge in [0.2, 0.25) is 0 Å². The van der Waals surface area contributed by atoms with E-state index in [0.29, 0.717) is 37.8 Å². The number of rotatable bonds is 8. The molecule has 5 rings (SSSR count). The molecule has 3 aromatic carbocycles. The van der Waals surface area contributed by atoms with Gasteiger partial charge >= 0.3 is 5.97 Å². The molecular weight excluding hydrogens is 528 g/mol. The molecule has 0 aliphatic carbocycles. The van der Waals surface area contributed by atoms with E-state index in [9.17, 15) is 9.59 Å². The number of hydrogen-bond donors (Lipinski definition) is 0. The molecule has 0 bridgehead atoms. The highest BCUT2D eigenvalue weighted by atomic mass is 32.1. The number of hydrogen-bond acceptors (Lipinski definition) is 8. The summed E-state index contributed by atoms with van der Waals surface area (Å²) in [7, 11) is 4.69. The van der Waals surface area contributed by atoms with Crippen LogP contribution in [0, 0.1) is 0 Å². The van der Waals surface area contributed by atoms with Crippen LogP contribution in [0.3, 0.4) is 0 Å². The van der Waals surface area contributed by atoms with Gasteiger partial charge in [0.1, 0.15) is 5.75 Å². The predicted octanol–water partition coefficient (Wildman–Crippen LogP) is 3.96. The van der Waals surface area contributed by atoms with Crippen molar-refractivity contribution < 1.29 is 23.7 Å². The normalized spacial score (nSPS) is 14.8. The van der Waals surface area contributed by atoms with E-state index in [0.717, 1.165) is 11.1 Å². The summed E-state index contributed by atoms with van der Waals surface area (Å²) < 4.78 is 23.9. The van der Waals surface area contributed by atoms with Gasteiger partial charge < -0.3 is 18.9 Å². The molecular formula is C31H28N2O6S. The summed E-state index contributed by atoms with van der Waals surface area (Å²) in [5.74, 6) is 1.13. The van der Waals surface area contributed by atoms with E-state index in [1.807, 2.05) is 60.7 Å². The second kappa shape index (κ2) is 11.6. The number of aromatic nitrogens is 1. The van der Waals surface area contributed by atoms with Gasteiger partial charge in [0, 0.05) is 5.56 Å². The first kappa shape index (κ1) is 27.0. The lowest BCUT2D eigenvalue weighted by atomic mass is 9.93. The quantitative estimate of drug-likeness (QED) is 0.306. The standard InChI is InChI=1S/C31H28N2O6S/c1-5-39-30(35)26-27(20-11-7-6-8-12-20)32-31-33(28(26)21-14-15-23(37-3)24(18-21)38-4)29(34)25(40-31)17-19-10-9-13-22(16-19)36-2/h6-18,28H,5H2,1-4H3/b25-17+/t28-/m0/s1. The maximum atomic E-state index is 14.0. The Labute approximate surface area is 235 Å². The van der Waals surface area contributed by atoms with Gasteiger partial charge in [-0.05, 0) is 48.4 Å². The van der Waals surface area contributed by atoms with Crippen molar-refractivity contribution in [3.8, 4) is 17.2 Å². The number of methoxy groups -OCH3 is 3. The van der Waals surface area contributed by atoms with Gasteiger partial charge in [-0.15, -0.1) is 0 Å². The molecule has 0 N–H and O–H groups in total. The van der Waals surface area contributed by atoms with Gasteiger partial charge in [-0.3, -0.25) is 9.36 Å². The maximum Gasteiger partial charge on any atom is 0.338 e. The molecule has 40 heavy (non-hydrogen) atoms. The van der Waals surface area contributed by atoms with Crippen molar-refractivity contribution in [2.24, 2.45) is 4.99 Å². The Morgan fingerprint density at radius 1 is 0.950 bits per heavy atom. The minimum atomic E-state index is -0.822. The van der Waals surface area contributed by atoms with Crippen LogP contribution >= 0.6 is 11.3 Å². The molecule has 0 spiro atoms. The molecule has 0 saturated heterocycles. The second-order valence-corrected chi connectivity index (χ2v) is 9.83. The number of benzene rings is 3.